The van der Waals surface area contributed by atoms with Gasteiger partial charge in [0.25, 0.3) is 0 Å². The number of Topliss-reactive ketones (excluding diaryl/α,β-unsaturated/α-hetero) is 2. The Hall–Kier alpha value is -2.42. The second-order valence-corrected chi connectivity index (χ2v) is 5.53. The van der Waals surface area contributed by atoms with E-state index in [1.165, 1.54) is 0 Å². The summed E-state index contributed by atoms with van der Waals surface area (Å²) in [7, 11) is 0. The van der Waals surface area contributed by atoms with E-state index in [9.17, 15) is 9.59 Å². The fourth-order valence-electron chi connectivity index (χ4n) is 3.14. The summed E-state index contributed by atoms with van der Waals surface area (Å²) in [5.41, 5.74) is 3.74. The molecule has 0 radical (unpaired) electrons. The van der Waals surface area contributed by atoms with Gasteiger partial charge in [-0.15, -0.1) is 13.2 Å². The van der Waals surface area contributed by atoms with Crippen molar-refractivity contribution in [3.63, 3.8) is 0 Å². The molecule has 1 unspecified atom stereocenters. The van der Waals surface area contributed by atoms with Gasteiger partial charge in [0.15, 0.2) is 0 Å². The Morgan fingerprint density at radius 2 is 1.96 bits per heavy atom. The van der Waals surface area contributed by atoms with Crippen molar-refractivity contribution in [3.8, 4) is 0 Å². The van der Waals surface area contributed by atoms with Crippen molar-refractivity contribution in [2.75, 3.05) is 6.61 Å². The van der Waals surface area contributed by atoms with Gasteiger partial charge in [0, 0.05) is 17.0 Å². The van der Waals surface area contributed by atoms with Crippen LogP contribution in [0.5, 0.6) is 0 Å². The zero-order valence-corrected chi connectivity index (χ0v) is 13.9. The van der Waals surface area contributed by atoms with Crippen molar-refractivity contribution in [1.29, 1.82) is 0 Å². The summed E-state index contributed by atoms with van der Waals surface area (Å²) >= 11 is 0. The molecule has 0 amide bonds. The lowest BCUT2D eigenvalue weighted by atomic mass is 9.81. The van der Waals surface area contributed by atoms with Crippen LogP contribution in [0.1, 0.15) is 47.8 Å². The SMILES string of the molecule is C/C=C\c1c(CC)ccc2c1C(=O)C(=O)C1=C2OCC1C.C=C. The van der Waals surface area contributed by atoms with E-state index in [0.717, 1.165) is 23.1 Å². The van der Waals surface area contributed by atoms with Crippen molar-refractivity contribution < 1.29 is 14.3 Å². The number of carbonyl (C=O) groups excluding carboxylic acids is 2. The van der Waals surface area contributed by atoms with Gasteiger partial charge in [-0.3, -0.25) is 9.59 Å². The largest absolute Gasteiger partial charge is 0.492 e. The van der Waals surface area contributed by atoms with Crippen LogP contribution in [0.3, 0.4) is 0 Å². The van der Waals surface area contributed by atoms with Crippen LogP contribution in [0.4, 0.5) is 0 Å². The Morgan fingerprint density at radius 1 is 1.26 bits per heavy atom. The van der Waals surface area contributed by atoms with Gasteiger partial charge < -0.3 is 4.74 Å². The minimum Gasteiger partial charge on any atom is -0.492 e. The third kappa shape index (κ3) is 2.56. The Balaban J connectivity index is 0.000000924. The van der Waals surface area contributed by atoms with Crippen molar-refractivity contribution in [2.45, 2.75) is 27.2 Å². The third-order valence-electron chi connectivity index (χ3n) is 4.19. The molecule has 3 nitrogen and oxygen atoms in total. The van der Waals surface area contributed by atoms with E-state index in [1.807, 2.05) is 45.1 Å². The number of aryl methyl sites for hydroxylation is 1. The van der Waals surface area contributed by atoms with E-state index >= 15 is 0 Å². The Kier molecular flexibility index (Phi) is 4.99. The van der Waals surface area contributed by atoms with Crippen LogP contribution < -0.4 is 0 Å². The lowest BCUT2D eigenvalue weighted by Gasteiger charge is -2.20. The molecule has 120 valence electrons. The highest BCUT2D eigenvalue weighted by Crippen LogP contribution is 2.40. The average Bonchev–Trinajstić information content (AvgIpc) is 2.96. The Morgan fingerprint density at radius 3 is 2.57 bits per heavy atom. The highest BCUT2D eigenvalue weighted by molar-refractivity contribution is 6.53. The summed E-state index contributed by atoms with van der Waals surface area (Å²) in [5, 5.41) is 0. The van der Waals surface area contributed by atoms with Gasteiger partial charge in [-0.2, -0.15) is 0 Å². The first-order valence-electron chi connectivity index (χ1n) is 7.85. The van der Waals surface area contributed by atoms with Gasteiger partial charge in [0.2, 0.25) is 11.6 Å². The highest BCUT2D eigenvalue weighted by Gasteiger charge is 2.41. The van der Waals surface area contributed by atoms with Crippen LogP contribution in [0.2, 0.25) is 0 Å². The first-order chi connectivity index (χ1) is 11.1. The molecule has 1 aliphatic heterocycles. The second-order valence-electron chi connectivity index (χ2n) is 5.53. The molecule has 0 spiro atoms. The fraction of sp³-hybridized carbons (Fsp3) is 0.300. The first kappa shape index (κ1) is 16.9. The summed E-state index contributed by atoms with van der Waals surface area (Å²) in [4.78, 5) is 25.0. The molecule has 0 bridgehead atoms. The number of benzene rings is 1. The van der Waals surface area contributed by atoms with Crippen LogP contribution in [-0.2, 0) is 16.0 Å². The van der Waals surface area contributed by atoms with E-state index in [4.69, 9.17) is 4.74 Å². The molecule has 1 heterocycles. The summed E-state index contributed by atoms with van der Waals surface area (Å²) in [6, 6.07) is 3.94. The molecule has 0 N–H and O–H groups in total. The second kappa shape index (κ2) is 6.78. The van der Waals surface area contributed by atoms with E-state index in [1.54, 1.807) is 0 Å². The van der Waals surface area contributed by atoms with Gasteiger partial charge in [-0.05, 0) is 24.5 Å². The maximum Gasteiger partial charge on any atom is 0.234 e. The molecule has 0 saturated carbocycles. The molecule has 0 aromatic heterocycles. The zero-order valence-electron chi connectivity index (χ0n) is 13.9. The minimum absolute atomic E-state index is 0.0133. The van der Waals surface area contributed by atoms with Gasteiger partial charge in [-0.25, -0.2) is 0 Å². The molecular formula is C20H22O3. The number of ether oxygens (including phenoxy) is 1. The molecule has 23 heavy (non-hydrogen) atoms. The number of hydrogen-bond acceptors (Lipinski definition) is 3. The van der Waals surface area contributed by atoms with E-state index < -0.39 is 11.6 Å². The average molecular weight is 310 g/mol. The molecule has 0 fully saturated rings. The lowest BCUT2D eigenvalue weighted by molar-refractivity contribution is -0.112. The molecule has 3 rings (SSSR count). The van der Waals surface area contributed by atoms with Crippen LogP contribution in [0.25, 0.3) is 11.8 Å². The molecule has 3 heteroatoms. The number of carbonyl (C=O) groups is 2. The predicted molar refractivity (Wildman–Crippen MR) is 93.2 cm³/mol. The summed E-state index contributed by atoms with van der Waals surface area (Å²) in [6.07, 6.45) is 4.62. The van der Waals surface area contributed by atoms with E-state index in [0.29, 0.717) is 23.5 Å². The topological polar surface area (TPSA) is 43.4 Å². The first-order valence-corrected chi connectivity index (χ1v) is 7.85. The molecular weight excluding hydrogens is 288 g/mol. The van der Waals surface area contributed by atoms with Gasteiger partial charge in [0.05, 0.1) is 12.2 Å². The third-order valence-corrected chi connectivity index (χ3v) is 4.19. The van der Waals surface area contributed by atoms with Crippen LogP contribution >= 0.6 is 0 Å². The minimum atomic E-state index is -0.401. The lowest BCUT2D eigenvalue weighted by Crippen LogP contribution is -2.26. The van der Waals surface area contributed by atoms with Gasteiger partial charge in [0.1, 0.15) is 5.76 Å². The smallest absolute Gasteiger partial charge is 0.234 e. The number of rotatable bonds is 2. The summed E-state index contributed by atoms with van der Waals surface area (Å²) < 4.78 is 5.70. The molecule has 1 aliphatic carbocycles. The Bertz CT molecular complexity index is 723. The molecule has 0 saturated heterocycles. The maximum absolute atomic E-state index is 12.6. The van der Waals surface area contributed by atoms with Crippen molar-refractivity contribution in [3.05, 3.63) is 59.2 Å². The molecule has 1 atom stereocenters. The normalized spacial score (nSPS) is 19.2. The maximum atomic E-state index is 12.6. The number of allylic oxidation sites excluding steroid dienone is 1. The number of fused-ring (bicyclic) bond motifs is 2. The summed E-state index contributed by atoms with van der Waals surface area (Å²) in [6.45, 7) is 12.3. The van der Waals surface area contributed by atoms with Crippen molar-refractivity contribution in [2.24, 2.45) is 5.92 Å². The zero-order chi connectivity index (χ0) is 17.1. The monoisotopic (exact) mass is 310 g/mol. The van der Waals surface area contributed by atoms with Crippen molar-refractivity contribution >= 4 is 23.4 Å². The van der Waals surface area contributed by atoms with Gasteiger partial charge >= 0.3 is 0 Å². The fourth-order valence-corrected chi connectivity index (χ4v) is 3.14. The number of ketones is 2. The quantitative estimate of drug-likeness (QED) is 0.606. The van der Waals surface area contributed by atoms with Crippen LogP contribution in [0.15, 0.2) is 36.9 Å². The van der Waals surface area contributed by atoms with Gasteiger partial charge in [-0.1, -0.05) is 38.1 Å². The summed E-state index contributed by atoms with van der Waals surface area (Å²) in [5.74, 6) is -0.206. The standard InChI is InChI=1S/C18H18O3.C2H4/c1-4-6-12-11(5-2)7-8-13-15(12)17(20)16(19)14-10(3)9-21-18(13)14;1-2/h4,6-8,10H,5,9H2,1-3H3;1-2H2/b6-4-;. The van der Waals surface area contributed by atoms with E-state index in [2.05, 4.69) is 13.2 Å². The molecule has 2 aliphatic rings. The van der Waals surface area contributed by atoms with Crippen LogP contribution in [0, 0.1) is 5.92 Å². The van der Waals surface area contributed by atoms with E-state index in [-0.39, 0.29) is 5.92 Å². The predicted octanol–water partition coefficient (Wildman–Crippen LogP) is 4.23. The molecule has 1 aromatic carbocycles. The molecule has 1 aromatic rings. The van der Waals surface area contributed by atoms with Crippen molar-refractivity contribution in [1.82, 2.24) is 0 Å². The highest BCUT2D eigenvalue weighted by atomic mass is 16.5. The Labute approximate surface area is 137 Å². The number of hydrogen-bond donors (Lipinski definition) is 0. The van der Waals surface area contributed by atoms with Crippen LogP contribution in [-0.4, -0.2) is 18.2 Å².